The van der Waals surface area contributed by atoms with Crippen LogP contribution >= 0.6 is 0 Å². The topological polar surface area (TPSA) is 77.2 Å². The highest BCUT2D eigenvalue weighted by Crippen LogP contribution is 2.17. The average Bonchev–Trinajstić information content (AvgIpc) is 2.46. The number of amides is 1. The average molecular weight is 275 g/mol. The molecule has 20 heavy (non-hydrogen) atoms. The molecular weight excluding hydrogens is 261 g/mol. The molecule has 0 radical (unpaired) electrons. The summed E-state index contributed by atoms with van der Waals surface area (Å²) in [7, 11) is 1.52. The highest BCUT2D eigenvalue weighted by Gasteiger charge is 2.07. The number of aromatic nitrogens is 1. The number of hydrogen-bond donors (Lipinski definition) is 2. The Morgan fingerprint density at radius 2 is 2.20 bits per heavy atom. The van der Waals surface area contributed by atoms with E-state index in [-0.39, 0.29) is 11.3 Å². The van der Waals surface area contributed by atoms with E-state index in [4.69, 9.17) is 10.5 Å². The number of primary amides is 1. The fourth-order valence-electron chi connectivity index (χ4n) is 1.67. The number of pyridine rings is 1. The number of carbonyl (C=O) groups excluding carboxylic acids is 1. The maximum Gasteiger partial charge on any atom is 0.248 e. The van der Waals surface area contributed by atoms with Gasteiger partial charge < -0.3 is 15.8 Å². The highest BCUT2D eigenvalue weighted by molar-refractivity contribution is 5.93. The summed E-state index contributed by atoms with van der Waals surface area (Å²) in [5.74, 6) is -0.582. The Labute approximate surface area is 115 Å². The third-order valence-corrected chi connectivity index (χ3v) is 2.70. The summed E-state index contributed by atoms with van der Waals surface area (Å²) < 4.78 is 18.6. The number of halogens is 1. The highest BCUT2D eigenvalue weighted by atomic mass is 19.1. The normalized spacial score (nSPS) is 10.1. The van der Waals surface area contributed by atoms with Gasteiger partial charge in [-0.1, -0.05) is 6.07 Å². The van der Waals surface area contributed by atoms with Crippen LogP contribution in [0, 0.1) is 5.82 Å². The first kappa shape index (κ1) is 13.8. The summed E-state index contributed by atoms with van der Waals surface area (Å²) in [4.78, 5) is 15.3. The SMILES string of the molecule is COc1cccc(CNc2cc(C(N)=O)ccc2F)n1. The van der Waals surface area contributed by atoms with E-state index in [9.17, 15) is 9.18 Å². The zero-order valence-corrected chi connectivity index (χ0v) is 10.9. The molecule has 0 bridgehead atoms. The molecule has 0 aliphatic heterocycles. The molecule has 5 nitrogen and oxygen atoms in total. The lowest BCUT2D eigenvalue weighted by Gasteiger charge is -2.09. The number of nitrogens with zero attached hydrogens (tertiary/aromatic N) is 1. The Kier molecular flexibility index (Phi) is 4.14. The predicted octanol–water partition coefficient (Wildman–Crippen LogP) is 1.94. The van der Waals surface area contributed by atoms with Gasteiger partial charge in [0.05, 0.1) is 25.0 Å². The van der Waals surface area contributed by atoms with Gasteiger partial charge in [0, 0.05) is 11.6 Å². The molecule has 1 amide bonds. The van der Waals surface area contributed by atoms with Crippen molar-refractivity contribution in [1.29, 1.82) is 0 Å². The van der Waals surface area contributed by atoms with Crippen LogP contribution in [-0.4, -0.2) is 18.0 Å². The Hall–Kier alpha value is -2.63. The zero-order chi connectivity index (χ0) is 14.5. The van der Waals surface area contributed by atoms with Gasteiger partial charge in [0.1, 0.15) is 5.82 Å². The Bertz CT molecular complexity index is 632. The van der Waals surface area contributed by atoms with Crippen LogP contribution in [0.15, 0.2) is 36.4 Å². The minimum absolute atomic E-state index is 0.200. The third-order valence-electron chi connectivity index (χ3n) is 2.70. The van der Waals surface area contributed by atoms with Gasteiger partial charge in [0.2, 0.25) is 11.8 Å². The summed E-state index contributed by atoms with van der Waals surface area (Å²) in [6, 6.07) is 9.20. The van der Waals surface area contributed by atoms with Gasteiger partial charge in [-0.15, -0.1) is 0 Å². The molecule has 0 atom stereocenters. The van der Waals surface area contributed by atoms with Gasteiger partial charge in [0.15, 0.2) is 0 Å². The van der Waals surface area contributed by atoms with Crippen molar-refractivity contribution < 1.29 is 13.9 Å². The smallest absolute Gasteiger partial charge is 0.248 e. The van der Waals surface area contributed by atoms with Crippen molar-refractivity contribution in [2.75, 3.05) is 12.4 Å². The van der Waals surface area contributed by atoms with Crippen LogP contribution in [0.1, 0.15) is 16.1 Å². The van der Waals surface area contributed by atoms with Gasteiger partial charge in [-0.25, -0.2) is 9.37 Å². The van der Waals surface area contributed by atoms with Crippen molar-refractivity contribution in [3.8, 4) is 5.88 Å². The number of hydrogen-bond acceptors (Lipinski definition) is 4. The van der Waals surface area contributed by atoms with Crippen molar-refractivity contribution in [2.45, 2.75) is 6.54 Å². The van der Waals surface area contributed by atoms with Gasteiger partial charge in [-0.2, -0.15) is 0 Å². The number of methoxy groups -OCH3 is 1. The Balaban J connectivity index is 2.13. The van der Waals surface area contributed by atoms with E-state index in [0.717, 1.165) is 0 Å². The van der Waals surface area contributed by atoms with Gasteiger partial charge >= 0.3 is 0 Å². The van der Waals surface area contributed by atoms with E-state index in [1.54, 1.807) is 18.2 Å². The number of benzene rings is 1. The number of nitrogens with one attached hydrogen (secondary N) is 1. The maximum absolute atomic E-state index is 13.6. The first-order chi connectivity index (χ1) is 9.60. The molecule has 0 unspecified atom stereocenters. The molecule has 6 heteroatoms. The Morgan fingerprint density at radius 3 is 2.90 bits per heavy atom. The number of ether oxygens (including phenoxy) is 1. The summed E-state index contributed by atoms with van der Waals surface area (Å²) in [5.41, 5.74) is 6.29. The fourth-order valence-corrected chi connectivity index (χ4v) is 1.67. The molecule has 1 aromatic carbocycles. The molecule has 2 rings (SSSR count). The molecule has 0 spiro atoms. The lowest BCUT2D eigenvalue weighted by Crippen LogP contribution is -2.12. The fraction of sp³-hybridized carbons (Fsp3) is 0.143. The molecule has 104 valence electrons. The molecule has 0 aliphatic carbocycles. The van der Waals surface area contributed by atoms with Crippen molar-refractivity contribution in [2.24, 2.45) is 5.73 Å². The quantitative estimate of drug-likeness (QED) is 0.874. The number of nitrogens with two attached hydrogens (primary N) is 1. The molecular formula is C14H14FN3O2. The van der Waals surface area contributed by atoms with Crippen LogP contribution in [0.25, 0.3) is 0 Å². The van der Waals surface area contributed by atoms with E-state index in [1.165, 1.54) is 25.3 Å². The molecule has 1 heterocycles. The van der Waals surface area contributed by atoms with Crippen molar-refractivity contribution in [1.82, 2.24) is 4.98 Å². The second kappa shape index (κ2) is 6.01. The van der Waals surface area contributed by atoms with Crippen molar-refractivity contribution in [3.63, 3.8) is 0 Å². The molecule has 0 fully saturated rings. The van der Waals surface area contributed by atoms with Crippen LogP contribution in [0.4, 0.5) is 10.1 Å². The summed E-state index contributed by atoms with van der Waals surface area (Å²) in [5, 5.41) is 2.87. The zero-order valence-electron chi connectivity index (χ0n) is 10.9. The minimum atomic E-state index is -0.604. The largest absolute Gasteiger partial charge is 0.481 e. The van der Waals surface area contributed by atoms with Crippen molar-refractivity contribution >= 4 is 11.6 Å². The van der Waals surface area contributed by atoms with E-state index >= 15 is 0 Å². The van der Waals surface area contributed by atoms with Crippen LogP contribution in [-0.2, 0) is 6.54 Å². The first-order valence-electron chi connectivity index (χ1n) is 5.93. The molecule has 0 aliphatic rings. The predicted molar refractivity (Wildman–Crippen MR) is 73.0 cm³/mol. The van der Waals surface area contributed by atoms with Gasteiger partial charge in [0.25, 0.3) is 0 Å². The summed E-state index contributed by atoms with van der Waals surface area (Å²) in [6.45, 7) is 0.302. The third kappa shape index (κ3) is 3.23. The molecule has 3 N–H and O–H groups in total. The second-order valence-electron chi connectivity index (χ2n) is 4.08. The number of carbonyl (C=O) groups is 1. The summed E-state index contributed by atoms with van der Waals surface area (Å²) in [6.07, 6.45) is 0. The number of anilines is 1. The second-order valence-corrected chi connectivity index (χ2v) is 4.08. The van der Waals surface area contributed by atoms with Crippen LogP contribution < -0.4 is 15.8 Å². The standard InChI is InChI=1S/C14H14FN3O2/c1-20-13-4-2-3-10(18-13)8-17-12-7-9(14(16)19)5-6-11(12)15/h2-7,17H,8H2,1H3,(H2,16,19). The Morgan fingerprint density at radius 1 is 1.40 bits per heavy atom. The number of rotatable bonds is 5. The van der Waals surface area contributed by atoms with Crippen LogP contribution in [0.2, 0.25) is 0 Å². The molecule has 0 saturated carbocycles. The molecule has 2 aromatic rings. The van der Waals surface area contributed by atoms with E-state index in [2.05, 4.69) is 10.3 Å². The van der Waals surface area contributed by atoms with Gasteiger partial charge in [-0.05, 0) is 24.3 Å². The molecule has 1 aromatic heterocycles. The van der Waals surface area contributed by atoms with Crippen LogP contribution in [0.5, 0.6) is 5.88 Å². The van der Waals surface area contributed by atoms with Crippen LogP contribution in [0.3, 0.4) is 0 Å². The monoisotopic (exact) mass is 275 g/mol. The van der Waals surface area contributed by atoms with Gasteiger partial charge in [-0.3, -0.25) is 4.79 Å². The lowest BCUT2D eigenvalue weighted by molar-refractivity contribution is 0.100. The lowest BCUT2D eigenvalue weighted by atomic mass is 10.2. The maximum atomic E-state index is 13.6. The minimum Gasteiger partial charge on any atom is -0.481 e. The molecule has 0 saturated heterocycles. The van der Waals surface area contributed by atoms with Crippen molar-refractivity contribution in [3.05, 3.63) is 53.5 Å². The van der Waals surface area contributed by atoms with E-state index in [0.29, 0.717) is 18.1 Å². The van der Waals surface area contributed by atoms with E-state index in [1.807, 2.05) is 0 Å². The first-order valence-corrected chi connectivity index (χ1v) is 5.93. The summed E-state index contributed by atoms with van der Waals surface area (Å²) >= 11 is 0. The van der Waals surface area contributed by atoms with E-state index < -0.39 is 11.7 Å².